The highest BCUT2D eigenvalue weighted by Gasteiger charge is 2.27. The molecule has 1 saturated heterocycles. The van der Waals surface area contributed by atoms with Crippen LogP contribution in [0.5, 0.6) is 0 Å². The molecule has 1 aromatic rings. The summed E-state index contributed by atoms with van der Waals surface area (Å²) in [4.78, 5) is 4.00. The number of hydrogen-bond acceptors (Lipinski definition) is 3. The molecule has 2 N–H and O–H groups in total. The average Bonchev–Trinajstić information content (AvgIpc) is 2.69. The number of nitrogens with zero attached hydrogens (tertiary/aromatic N) is 1. The monoisotopic (exact) mass is 238 g/mol. The van der Waals surface area contributed by atoms with Crippen LogP contribution in [0.15, 0.2) is 17.5 Å². The second kappa shape index (κ2) is 4.86. The summed E-state index contributed by atoms with van der Waals surface area (Å²) in [6.45, 7) is 8.07. The van der Waals surface area contributed by atoms with Crippen LogP contribution >= 0.6 is 11.3 Å². The maximum absolute atomic E-state index is 6.02. The van der Waals surface area contributed by atoms with Gasteiger partial charge in [0.15, 0.2) is 0 Å². The molecule has 16 heavy (non-hydrogen) atoms. The summed E-state index contributed by atoms with van der Waals surface area (Å²) in [7, 11) is 0. The lowest BCUT2D eigenvalue weighted by Gasteiger charge is -2.36. The van der Waals surface area contributed by atoms with Gasteiger partial charge in [0.2, 0.25) is 0 Å². The van der Waals surface area contributed by atoms with E-state index >= 15 is 0 Å². The first-order valence-electron chi connectivity index (χ1n) is 6.10. The zero-order chi connectivity index (χ0) is 11.6. The van der Waals surface area contributed by atoms with Gasteiger partial charge in [-0.25, -0.2) is 0 Å². The quantitative estimate of drug-likeness (QED) is 0.876. The second-order valence-electron chi connectivity index (χ2n) is 5.50. The third-order valence-electron chi connectivity index (χ3n) is 3.35. The van der Waals surface area contributed by atoms with Crippen LogP contribution in [0, 0.1) is 0 Å². The van der Waals surface area contributed by atoms with E-state index in [-0.39, 0.29) is 5.41 Å². The van der Waals surface area contributed by atoms with Crippen LogP contribution in [0.2, 0.25) is 0 Å². The average molecular weight is 238 g/mol. The maximum atomic E-state index is 6.02. The van der Waals surface area contributed by atoms with E-state index in [2.05, 4.69) is 36.3 Å². The molecule has 1 aliphatic rings. The number of piperidine rings is 1. The molecule has 1 aromatic heterocycles. The van der Waals surface area contributed by atoms with Crippen LogP contribution in [-0.4, -0.2) is 30.6 Å². The number of hydrogen-bond donors (Lipinski definition) is 1. The lowest BCUT2D eigenvalue weighted by molar-refractivity contribution is 0.176. The van der Waals surface area contributed by atoms with Gasteiger partial charge in [0.05, 0.1) is 0 Å². The zero-order valence-electron chi connectivity index (χ0n) is 10.3. The van der Waals surface area contributed by atoms with Gasteiger partial charge in [0, 0.05) is 29.4 Å². The highest BCUT2D eigenvalue weighted by molar-refractivity contribution is 7.10. The lowest BCUT2D eigenvalue weighted by Crippen LogP contribution is -2.47. The predicted octanol–water partition coefficient (Wildman–Crippen LogP) is 2.45. The van der Waals surface area contributed by atoms with Crippen molar-refractivity contribution in [1.82, 2.24) is 4.90 Å². The van der Waals surface area contributed by atoms with Gasteiger partial charge in [-0.2, -0.15) is 0 Å². The summed E-state index contributed by atoms with van der Waals surface area (Å²) >= 11 is 1.86. The Morgan fingerprint density at radius 2 is 2.38 bits per heavy atom. The van der Waals surface area contributed by atoms with E-state index in [4.69, 9.17) is 5.73 Å². The lowest BCUT2D eigenvalue weighted by atomic mass is 9.89. The molecule has 0 aromatic carbocycles. The molecule has 0 radical (unpaired) electrons. The minimum atomic E-state index is 0.255. The van der Waals surface area contributed by atoms with E-state index in [1.54, 1.807) is 0 Å². The molecule has 2 nitrogen and oxygen atoms in total. The molecule has 0 saturated carbocycles. The van der Waals surface area contributed by atoms with Gasteiger partial charge >= 0.3 is 0 Å². The molecule has 1 atom stereocenters. The summed E-state index contributed by atoms with van der Waals surface area (Å²) in [6.07, 6.45) is 2.44. The van der Waals surface area contributed by atoms with Crippen LogP contribution in [0.3, 0.4) is 0 Å². The van der Waals surface area contributed by atoms with Crippen LogP contribution in [-0.2, 0) is 5.41 Å². The van der Waals surface area contributed by atoms with Crippen molar-refractivity contribution in [3.8, 4) is 0 Å². The van der Waals surface area contributed by atoms with Gasteiger partial charge in [-0.1, -0.05) is 19.9 Å². The molecule has 1 aliphatic heterocycles. The van der Waals surface area contributed by atoms with E-state index in [0.717, 1.165) is 13.1 Å². The first-order valence-corrected chi connectivity index (χ1v) is 6.98. The van der Waals surface area contributed by atoms with E-state index in [1.165, 1.54) is 24.3 Å². The molecule has 2 rings (SSSR count). The van der Waals surface area contributed by atoms with Crippen LogP contribution in [0.4, 0.5) is 0 Å². The minimum Gasteiger partial charge on any atom is -0.327 e. The summed E-state index contributed by atoms with van der Waals surface area (Å²) in [5, 5.41) is 2.17. The maximum Gasteiger partial charge on any atom is 0.0168 e. The fourth-order valence-electron chi connectivity index (χ4n) is 2.54. The number of nitrogens with two attached hydrogens (primary N) is 1. The smallest absolute Gasteiger partial charge is 0.0168 e. The van der Waals surface area contributed by atoms with E-state index in [0.29, 0.717) is 6.04 Å². The van der Waals surface area contributed by atoms with Gasteiger partial charge in [-0.15, -0.1) is 11.3 Å². The molecule has 0 bridgehead atoms. The Hall–Kier alpha value is -0.380. The Morgan fingerprint density at radius 3 is 3.00 bits per heavy atom. The molecular weight excluding hydrogens is 216 g/mol. The van der Waals surface area contributed by atoms with E-state index in [1.807, 2.05) is 11.3 Å². The van der Waals surface area contributed by atoms with Gasteiger partial charge in [0.1, 0.15) is 0 Å². The first-order chi connectivity index (χ1) is 7.58. The van der Waals surface area contributed by atoms with Crippen LogP contribution < -0.4 is 5.73 Å². The Morgan fingerprint density at radius 1 is 1.56 bits per heavy atom. The van der Waals surface area contributed by atoms with Gasteiger partial charge in [-0.05, 0) is 30.8 Å². The third kappa shape index (κ3) is 2.84. The third-order valence-corrected chi connectivity index (χ3v) is 4.58. The largest absolute Gasteiger partial charge is 0.327 e. The molecule has 0 amide bonds. The van der Waals surface area contributed by atoms with Crippen molar-refractivity contribution in [3.63, 3.8) is 0 Å². The fourth-order valence-corrected chi connectivity index (χ4v) is 3.38. The SMILES string of the molecule is CC(C)(CN1CCCC(N)C1)c1cccs1. The number of thiophene rings is 1. The second-order valence-corrected chi connectivity index (χ2v) is 6.45. The summed E-state index contributed by atoms with van der Waals surface area (Å²) in [6, 6.07) is 4.77. The summed E-state index contributed by atoms with van der Waals surface area (Å²) in [5.41, 5.74) is 6.28. The number of likely N-dealkylation sites (tertiary alicyclic amines) is 1. The summed E-state index contributed by atoms with van der Waals surface area (Å²) in [5.74, 6) is 0. The fraction of sp³-hybridized carbons (Fsp3) is 0.692. The highest BCUT2D eigenvalue weighted by atomic mass is 32.1. The Bertz CT molecular complexity index is 319. The van der Waals surface area contributed by atoms with E-state index < -0.39 is 0 Å². The zero-order valence-corrected chi connectivity index (χ0v) is 11.1. The van der Waals surface area contributed by atoms with Gasteiger partial charge < -0.3 is 10.6 Å². The van der Waals surface area contributed by atoms with Gasteiger partial charge in [0.25, 0.3) is 0 Å². The molecule has 3 heteroatoms. The molecule has 0 aliphatic carbocycles. The first kappa shape index (κ1) is 12.1. The number of rotatable bonds is 3. The topological polar surface area (TPSA) is 29.3 Å². The van der Waals surface area contributed by atoms with Gasteiger partial charge in [-0.3, -0.25) is 0 Å². The van der Waals surface area contributed by atoms with Crippen molar-refractivity contribution < 1.29 is 0 Å². The molecule has 0 spiro atoms. The minimum absolute atomic E-state index is 0.255. The summed E-state index contributed by atoms with van der Waals surface area (Å²) < 4.78 is 0. The van der Waals surface area contributed by atoms with Crippen molar-refractivity contribution >= 4 is 11.3 Å². The molecule has 1 unspecified atom stereocenters. The molecular formula is C13H22N2S. The van der Waals surface area contributed by atoms with Crippen molar-refractivity contribution in [3.05, 3.63) is 22.4 Å². The van der Waals surface area contributed by atoms with Crippen molar-refractivity contribution in [1.29, 1.82) is 0 Å². The predicted molar refractivity (Wildman–Crippen MR) is 71.0 cm³/mol. The Kier molecular flexibility index (Phi) is 3.67. The van der Waals surface area contributed by atoms with Crippen molar-refractivity contribution in [2.75, 3.05) is 19.6 Å². The van der Waals surface area contributed by atoms with Crippen molar-refractivity contribution in [2.24, 2.45) is 5.73 Å². The van der Waals surface area contributed by atoms with Crippen molar-refractivity contribution in [2.45, 2.75) is 38.1 Å². The van der Waals surface area contributed by atoms with Crippen LogP contribution in [0.25, 0.3) is 0 Å². The molecule has 90 valence electrons. The standard InChI is InChI=1S/C13H22N2S/c1-13(2,12-6-4-8-16-12)10-15-7-3-5-11(14)9-15/h4,6,8,11H,3,5,7,9-10,14H2,1-2H3. The normalized spacial score (nSPS) is 23.6. The molecule has 2 heterocycles. The van der Waals surface area contributed by atoms with Crippen LogP contribution in [0.1, 0.15) is 31.6 Å². The highest BCUT2D eigenvalue weighted by Crippen LogP contribution is 2.29. The van der Waals surface area contributed by atoms with E-state index in [9.17, 15) is 0 Å². The molecule has 1 fully saturated rings. The Labute approximate surface area is 102 Å². The Balaban J connectivity index is 1.98.